The lowest BCUT2D eigenvalue weighted by atomic mass is 10.0. The van der Waals surface area contributed by atoms with Crippen molar-refractivity contribution in [1.29, 1.82) is 0 Å². The van der Waals surface area contributed by atoms with E-state index in [1.54, 1.807) is 6.20 Å². The number of fused-ring (bicyclic) bond motifs is 1. The summed E-state index contributed by atoms with van der Waals surface area (Å²) in [4.78, 5) is 19.1. The highest BCUT2D eigenvalue weighted by molar-refractivity contribution is 5.91. The van der Waals surface area contributed by atoms with E-state index in [0.29, 0.717) is 18.3 Å². The number of rotatable bonds is 7. The number of amides is 1. The number of hydrogen-bond acceptors (Lipinski definition) is 5. The van der Waals surface area contributed by atoms with Crippen LogP contribution in [0.3, 0.4) is 0 Å². The quantitative estimate of drug-likeness (QED) is 0.781. The third kappa shape index (κ3) is 5.63. The number of benzene rings is 1. The molecule has 1 aromatic carbocycles. The maximum absolute atomic E-state index is 12.3. The van der Waals surface area contributed by atoms with E-state index in [0.717, 1.165) is 57.7 Å². The first-order valence-electron chi connectivity index (χ1n) is 10.5. The summed E-state index contributed by atoms with van der Waals surface area (Å²) in [6, 6.07) is 12.7. The lowest BCUT2D eigenvalue weighted by molar-refractivity contribution is -0.121. The number of carbonyl (C=O) groups is 1. The molecular weight excluding hydrogens is 366 g/mol. The molecule has 1 saturated heterocycles. The number of pyridine rings is 1. The summed E-state index contributed by atoms with van der Waals surface area (Å²) in [5.41, 5.74) is 3.93. The standard InChI is InChI=1S/C23H29N3O3/c27-22(17-29-16-18-9-13-28-15-18)25-23-21(6-3-10-24-23)14-26-11-7-19-4-1-2-5-20(19)8-12-26/h1-6,10,18H,7-9,11-17H2,(H,24,25,27). The van der Waals surface area contributed by atoms with Crippen LogP contribution in [0.25, 0.3) is 0 Å². The largest absolute Gasteiger partial charge is 0.381 e. The van der Waals surface area contributed by atoms with Crippen molar-refractivity contribution in [3.8, 4) is 0 Å². The predicted octanol–water partition coefficient (Wildman–Crippen LogP) is 2.67. The van der Waals surface area contributed by atoms with E-state index in [1.807, 2.05) is 12.1 Å². The molecule has 6 heteroatoms. The van der Waals surface area contributed by atoms with Crippen LogP contribution in [0.1, 0.15) is 23.1 Å². The molecule has 1 aromatic heterocycles. The van der Waals surface area contributed by atoms with Gasteiger partial charge in [-0.25, -0.2) is 4.98 Å². The summed E-state index contributed by atoms with van der Waals surface area (Å²) in [6.07, 6.45) is 4.83. The fourth-order valence-corrected chi connectivity index (χ4v) is 3.99. The van der Waals surface area contributed by atoms with Gasteiger partial charge in [0, 0.05) is 43.9 Å². The Hall–Kier alpha value is -2.28. The maximum atomic E-state index is 12.3. The second-order valence-corrected chi connectivity index (χ2v) is 7.85. The summed E-state index contributed by atoms with van der Waals surface area (Å²) < 4.78 is 10.9. The Labute approximate surface area is 172 Å². The van der Waals surface area contributed by atoms with E-state index >= 15 is 0 Å². The highest BCUT2D eigenvalue weighted by Gasteiger charge is 2.18. The van der Waals surface area contributed by atoms with Gasteiger partial charge in [-0.15, -0.1) is 0 Å². The van der Waals surface area contributed by atoms with E-state index in [-0.39, 0.29) is 12.5 Å². The predicted molar refractivity (Wildman–Crippen MR) is 112 cm³/mol. The van der Waals surface area contributed by atoms with Gasteiger partial charge < -0.3 is 14.8 Å². The molecule has 0 spiro atoms. The Morgan fingerprint density at radius 3 is 2.69 bits per heavy atom. The van der Waals surface area contributed by atoms with Crippen molar-refractivity contribution in [1.82, 2.24) is 9.88 Å². The van der Waals surface area contributed by atoms with E-state index in [2.05, 4.69) is 39.5 Å². The van der Waals surface area contributed by atoms with Crippen molar-refractivity contribution < 1.29 is 14.3 Å². The number of hydrogen-bond donors (Lipinski definition) is 1. The molecule has 1 N–H and O–H groups in total. The molecule has 0 bridgehead atoms. The van der Waals surface area contributed by atoms with Crippen LogP contribution >= 0.6 is 0 Å². The molecule has 0 saturated carbocycles. The van der Waals surface area contributed by atoms with Crippen molar-refractivity contribution in [2.24, 2.45) is 5.92 Å². The molecule has 1 atom stereocenters. The smallest absolute Gasteiger partial charge is 0.251 e. The third-order valence-corrected chi connectivity index (χ3v) is 5.67. The van der Waals surface area contributed by atoms with E-state index in [4.69, 9.17) is 9.47 Å². The van der Waals surface area contributed by atoms with Crippen LogP contribution in [0.2, 0.25) is 0 Å². The van der Waals surface area contributed by atoms with Gasteiger partial charge in [0.2, 0.25) is 0 Å². The van der Waals surface area contributed by atoms with Crippen LogP contribution in [0.15, 0.2) is 42.6 Å². The molecule has 2 aliphatic rings. The average Bonchev–Trinajstić information content (AvgIpc) is 3.17. The fraction of sp³-hybridized carbons (Fsp3) is 0.478. The molecule has 1 fully saturated rings. The monoisotopic (exact) mass is 395 g/mol. The first-order valence-corrected chi connectivity index (χ1v) is 10.5. The molecule has 2 aliphatic heterocycles. The molecule has 0 aliphatic carbocycles. The number of nitrogens with zero attached hydrogens (tertiary/aromatic N) is 2. The van der Waals surface area contributed by atoms with Crippen LogP contribution < -0.4 is 5.32 Å². The molecule has 6 nitrogen and oxygen atoms in total. The summed E-state index contributed by atoms with van der Waals surface area (Å²) in [5.74, 6) is 0.875. The van der Waals surface area contributed by atoms with Crippen molar-refractivity contribution >= 4 is 11.7 Å². The van der Waals surface area contributed by atoms with Gasteiger partial charge >= 0.3 is 0 Å². The number of ether oxygens (including phenoxy) is 2. The summed E-state index contributed by atoms with van der Waals surface area (Å²) in [6.45, 7) is 4.92. The normalized spacial score (nSPS) is 19.5. The van der Waals surface area contributed by atoms with Gasteiger partial charge in [-0.05, 0) is 36.5 Å². The highest BCUT2D eigenvalue weighted by Crippen LogP contribution is 2.19. The molecular formula is C23H29N3O3. The van der Waals surface area contributed by atoms with Crippen LogP contribution in [-0.4, -0.2) is 55.3 Å². The Bertz CT molecular complexity index is 794. The van der Waals surface area contributed by atoms with Gasteiger partial charge in [-0.3, -0.25) is 9.69 Å². The van der Waals surface area contributed by atoms with Crippen molar-refractivity contribution in [3.05, 3.63) is 59.3 Å². The number of anilines is 1. The van der Waals surface area contributed by atoms with Crippen LogP contribution in [0, 0.1) is 5.92 Å². The second kappa shape index (κ2) is 9.96. The second-order valence-electron chi connectivity index (χ2n) is 7.85. The first-order chi connectivity index (χ1) is 14.3. The van der Waals surface area contributed by atoms with Gasteiger partial charge in [0.05, 0.1) is 13.2 Å². The molecule has 1 unspecified atom stereocenters. The Kier molecular flexibility index (Phi) is 6.87. The molecule has 0 radical (unpaired) electrons. The SMILES string of the molecule is O=C(COCC1CCOC1)Nc1ncccc1CN1CCc2ccccc2CC1. The van der Waals surface area contributed by atoms with Crippen LogP contribution in [0.5, 0.6) is 0 Å². The zero-order chi connectivity index (χ0) is 19.9. The number of nitrogens with one attached hydrogen (secondary N) is 1. The van der Waals surface area contributed by atoms with Crippen molar-refractivity contribution in [2.75, 3.05) is 44.8 Å². The number of carbonyl (C=O) groups excluding carboxylic acids is 1. The highest BCUT2D eigenvalue weighted by atomic mass is 16.5. The minimum atomic E-state index is -0.160. The molecule has 29 heavy (non-hydrogen) atoms. The topological polar surface area (TPSA) is 63.7 Å². The average molecular weight is 396 g/mol. The zero-order valence-corrected chi connectivity index (χ0v) is 16.8. The maximum Gasteiger partial charge on any atom is 0.251 e. The summed E-state index contributed by atoms with van der Waals surface area (Å²) >= 11 is 0. The lowest BCUT2D eigenvalue weighted by Crippen LogP contribution is -2.27. The van der Waals surface area contributed by atoms with Gasteiger partial charge in [0.1, 0.15) is 12.4 Å². The Morgan fingerprint density at radius 2 is 1.97 bits per heavy atom. The summed E-state index contributed by atoms with van der Waals surface area (Å²) in [7, 11) is 0. The molecule has 154 valence electrons. The van der Waals surface area contributed by atoms with Gasteiger partial charge in [0.15, 0.2) is 0 Å². The number of aromatic nitrogens is 1. The Morgan fingerprint density at radius 1 is 1.17 bits per heavy atom. The molecule has 4 rings (SSSR count). The van der Waals surface area contributed by atoms with Gasteiger partial charge in [0.25, 0.3) is 5.91 Å². The third-order valence-electron chi connectivity index (χ3n) is 5.67. The molecule has 3 heterocycles. The minimum Gasteiger partial charge on any atom is -0.381 e. The lowest BCUT2D eigenvalue weighted by Gasteiger charge is -2.21. The Balaban J connectivity index is 1.30. The zero-order valence-electron chi connectivity index (χ0n) is 16.8. The minimum absolute atomic E-state index is 0.0472. The fourth-order valence-electron chi connectivity index (χ4n) is 3.99. The van der Waals surface area contributed by atoms with Gasteiger partial charge in [-0.1, -0.05) is 30.3 Å². The van der Waals surface area contributed by atoms with Crippen LogP contribution in [-0.2, 0) is 33.7 Å². The first kappa shape index (κ1) is 20.0. The van der Waals surface area contributed by atoms with Crippen molar-refractivity contribution in [3.63, 3.8) is 0 Å². The van der Waals surface area contributed by atoms with E-state index in [9.17, 15) is 4.79 Å². The molecule has 2 aromatic rings. The summed E-state index contributed by atoms with van der Waals surface area (Å²) in [5, 5.41) is 2.93. The van der Waals surface area contributed by atoms with E-state index in [1.165, 1.54) is 11.1 Å². The van der Waals surface area contributed by atoms with Crippen LogP contribution in [0.4, 0.5) is 5.82 Å². The molecule has 1 amide bonds. The van der Waals surface area contributed by atoms with Crippen molar-refractivity contribution in [2.45, 2.75) is 25.8 Å². The van der Waals surface area contributed by atoms with Gasteiger partial charge in [-0.2, -0.15) is 0 Å². The van der Waals surface area contributed by atoms with E-state index < -0.39 is 0 Å².